The molecule has 0 radical (unpaired) electrons. The average molecular weight is 451 g/mol. The molecule has 0 unspecified atom stereocenters. The van der Waals surface area contributed by atoms with Crippen molar-refractivity contribution in [1.29, 1.82) is 0 Å². The molecule has 0 spiro atoms. The first-order valence-electron chi connectivity index (χ1n) is 11.8. The van der Waals surface area contributed by atoms with Gasteiger partial charge in [0.1, 0.15) is 11.5 Å². The molecule has 2 fully saturated rings. The molecule has 1 aliphatic carbocycles. The highest BCUT2D eigenvalue weighted by Gasteiger charge is 2.44. The first-order chi connectivity index (χ1) is 16.0. The third-order valence-corrected chi connectivity index (χ3v) is 7.13. The van der Waals surface area contributed by atoms with Gasteiger partial charge in [0.25, 0.3) is 0 Å². The van der Waals surface area contributed by atoms with Crippen LogP contribution in [-0.2, 0) is 16.1 Å². The van der Waals surface area contributed by atoms with Crippen LogP contribution in [0.5, 0.6) is 11.5 Å². The lowest BCUT2D eigenvalue weighted by Crippen LogP contribution is -2.37. The predicted octanol–water partition coefficient (Wildman–Crippen LogP) is 4.09. The van der Waals surface area contributed by atoms with Crippen LogP contribution in [0.2, 0.25) is 0 Å². The zero-order chi connectivity index (χ0) is 23.4. The van der Waals surface area contributed by atoms with Gasteiger partial charge in [-0.15, -0.1) is 0 Å². The zero-order valence-corrected chi connectivity index (χ0v) is 19.8. The van der Waals surface area contributed by atoms with Gasteiger partial charge in [0.15, 0.2) is 0 Å². The van der Waals surface area contributed by atoms with E-state index in [0.29, 0.717) is 19.6 Å². The molecule has 2 amide bonds. The molecule has 33 heavy (non-hydrogen) atoms. The summed E-state index contributed by atoms with van der Waals surface area (Å²) in [5.74, 6) is 1.30. The minimum absolute atomic E-state index is 0.0513. The number of rotatable bonds is 7. The fraction of sp³-hybridized carbons (Fsp3) is 0.481. The minimum Gasteiger partial charge on any atom is -0.497 e. The Hall–Kier alpha value is -3.02. The largest absolute Gasteiger partial charge is 0.497 e. The second kappa shape index (κ2) is 10.3. The Labute approximate surface area is 196 Å². The molecule has 6 heteroatoms. The molecular weight excluding hydrogens is 416 g/mol. The van der Waals surface area contributed by atoms with Gasteiger partial charge in [-0.05, 0) is 36.6 Å². The molecule has 4 rings (SSSR count). The van der Waals surface area contributed by atoms with Gasteiger partial charge in [0, 0.05) is 44.1 Å². The van der Waals surface area contributed by atoms with E-state index in [-0.39, 0.29) is 29.6 Å². The Kier molecular flexibility index (Phi) is 7.21. The summed E-state index contributed by atoms with van der Waals surface area (Å²) in [5.41, 5.74) is 2.01. The lowest BCUT2D eigenvalue weighted by molar-refractivity contribution is -0.136. The third-order valence-electron chi connectivity index (χ3n) is 7.13. The number of hydrogen-bond acceptors (Lipinski definition) is 4. The highest BCUT2D eigenvalue weighted by Crippen LogP contribution is 2.41. The summed E-state index contributed by atoms with van der Waals surface area (Å²) in [4.78, 5) is 30.7. The number of methoxy groups -OCH3 is 2. The molecule has 1 aliphatic heterocycles. The quantitative estimate of drug-likeness (QED) is 0.637. The van der Waals surface area contributed by atoms with E-state index in [0.717, 1.165) is 48.3 Å². The zero-order valence-electron chi connectivity index (χ0n) is 19.8. The highest BCUT2D eigenvalue weighted by molar-refractivity contribution is 5.84. The van der Waals surface area contributed by atoms with Gasteiger partial charge in [0.05, 0.1) is 20.1 Å². The molecule has 2 atom stereocenters. The molecule has 2 aliphatic rings. The van der Waals surface area contributed by atoms with Gasteiger partial charge in [-0.3, -0.25) is 9.59 Å². The summed E-state index contributed by atoms with van der Waals surface area (Å²) in [7, 11) is 5.11. The number of amides is 2. The van der Waals surface area contributed by atoms with Crippen molar-refractivity contribution < 1.29 is 19.1 Å². The maximum Gasteiger partial charge on any atom is 0.228 e. The second-order valence-corrected chi connectivity index (χ2v) is 9.23. The number of ether oxygens (including phenoxy) is 2. The second-order valence-electron chi connectivity index (χ2n) is 9.23. The van der Waals surface area contributed by atoms with Crippen LogP contribution in [0.15, 0.2) is 48.5 Å². The van der Waals surface area contributed by atoms with Gasteiger partial charge >= 0.3 is 0 Å². The highest BCUT2D eigenvalue weighted by atomic mass is 16.5. The average Bonchev–Trinajstić information content (AvgIpc) is 3.54. The lowest BCUT2D eigenvalue weighted by atomic mass is 9.87. The molecule has 6 nitrogen and oxygen atoms in total. The summed E-state index contributed by atoms with van der Waals surface area (Å²) in [5, 5.41) is 0. The van der Waals surface area contributed by atoms with E-state index in [9.17, 15) is 9.59 Å². The number of benzene rings is 2. The van der Waals surface area contributed by atoms with Gasteiger partial charge < -0.3 is 19.3 Å². The van der Waals surface area contributed by atoms with Crippen molar-refractivity contribution in [2.24, 2.45) is 11.8 Å². The molecule has 1 saturated carbocycles. The number of carbonyl (C=O) groups excluding carboxylic acids is 2. The van der Waals surface area contributed by atoms with E-state index >= 15 is 0 Å². The minimum atomic E-state index is -0.329. The van der Waals surface area contributed by atoms with Crippen LogP contribution < -0.4 is 9.47 Å². The maximum absolute atomic E-state index is 13.7. The van der Waals surface area contributed by atoms with Crippen LogP contribution in [0.3, 0.4) is 0 Å². The third kappa shape index (κ3) is 5.00. The maximum atomic E-state index is 13.7. The smallest absolute Gasteiger partial charge is 0.228 e. The molecule has 2 aromatic rings. The molecule has 1 saturated heterocycles. The van der Waals surface area contributed by atoms with Crippen molar-refractivity contribution in [3.05, 3.63) is 59.7 Å². The van der Waals surface area contributed by atoms with E-state index in [1.165, 1.54) is 0 Å². The number of hydrogen-bond donors (Lipinski definition) is 0. The van der Waals surface area contributed by atoms with Crippen molar-refractivity contribution in [3.63, 3.8) is 0 Å². The molecule has 1 heterocycles. The summed E-state index contributed by atoms with van der Waals surface area (Å²) in [6, 6.07) is 15.7. The Morgan fingerprint density at radius 1 is 1.00 bits per heavy atom. The van der Waals surface area contributed by atoms with Crippen LogP contribution in [0.25, 0.3) is 0 Å². The van der Waals surface area contributed by atoms with Gasteiger partial charge in [-0.25, -0.2) is 0 Å². The topological polar surface area (TPSA) is 59.1 Å². The van der Waals surface area contributed by atoms with E-state index < -0.39 is 0 Å². The SMILES string of the molecule is COc1ccc(OC)c([C@@H]2CN(C(=O)C3CCCC3)C[C@@H]2C(=O)N(C)Cc2ccccc2)c1. The van der Waals surface area contributed by atoms with Crippen LogP contribution in [0, 0.1) is 11.8 Å². The molecule has 0 aromatic heterocycles. The van der Waals surface area contributed by atoms with E-state index in [1.54, 1.807) is 19.1 Å². The van der Waals surface area contributed by atoms with E-state index in [1.807, 2.05) is 60.5 Å². The van der Waals surface area contributed by atoms with Crippen LogP contribution in [0.4, 0.5) is 0 Å². The van der Waals surface area contributed by atoms with E-state index in [2.05, 4.69) is 0 Å². The summed E-state index contributed by atoms with van der Waals surface area (Å²) in [6.07, 6.45) is 4.13. The monoisotopic (exact) mass is 450 g/mol. The summed E-state index contributed by atoms with van der Waals surface area (Å²) in [6.45, 7) is 1.50. The van der Waals surface area contributed by atoms with Crippen molar-refractivity contribution in [1.82, 2.24) is 9.80 Å². The van der Waals surface area contributed by atoms with Crippen LogP contribution in [-0.4, -0.2) is 56.0 Å². The fourth-order valence-electron chi connectivity index (χ4n) is 5.33. The lowest BCUT2D eigenvalue weighted by Gasteiger charge is -2.25. The number of nitrogens with zero attached hydrogens (tertiary/aromatic N) is 2. The normalized spacial score (nSPS) is 20.6. The van der Waals surface area contributed by atoms with Crippen molar-refractivity contribution in [2.75, 3.05) is 34.4 Å². The molecule has 0 N–H and O–H groups in total. The van der Waals surface area contributed by atoms with Gasteiger partial charge in [0.2, 0.25) is 11.8 Å². The van der Waals surface area contributed by atoms with Crippen molar-refractivity contribution in [2.45, 2.75) is 38.1 Å². The van der Waals surface area contributed by atoms with Crippen molar-refractivity contribution >= 4 is 11.8 Å². The van der Waals surface area contributed by atoms with Crippen molar-refractivity contribution in [3.8, 4) is 11.5 Å². The number of carbonyl (C=O) groups is 2. The molecule has 0 bridgehead atoms. The molecular formula is C27H34N2O4. The molecule has 176 valence electrons. The van der Waals surface area contributed by atoms with E-state index in [4.69, 9.17) is 9.47 Å². The number of likely N-dealkylation sites (tertiary alicyclic amines) is 1. The Morgan fingerprint density at radius 2 is 1.73 bits per heavy atom. The summed E-state index contributed by atoms with van der Waals surface area (Å²) < 4.78 is 11.1. The first-order valence-corrected chi connectivity index (χ1v) is 11.8. The Morgan fingerprint density at radius 3 is 2.39 bits per heavy atom. The molecule has 2 aromatic carbocycles. The van der Waals surface area contributed by atoms with Crippen LogP contribution >= 0.6 is 0 Å². The van der Waals surface area contributed by atoms with Gasteiger partial charge in [-0.1, -0.05) is 43.2 Å². The Balaban J connectivity index is 1.62. The predicted molar refractivity (Wildman–Crippen MR) is 127 cm³/mol. The first kappa shape index (κ1) is 23.1. The van der Waals surface area contributed by atoms with Crippen LogP contribution in [0.1, 0.15) is 42.7 Å². The van der Waals surface area contributed by atoms with Gasteiger partial charge in [-0.2, -0.15) is 0 Å². The Bertz CT molecular complexity index is 971. The fourth-order valence-corrected chi connectivity index (χ4v) is 5.33. The summed E-state index contributed by atoms with van der Waals surface area (Å²) >= 11 is 0. The standard InChI is InChI=1S/C27H34N2O4/c1-28(16-19-9-5-4-6-10-19)27(31)24-18-29(26(30)20-11-7-8-12-20)17-23(24)22-15-21(32-2)13-14-25(22)33-3/h4-6,9-10,13-15,20,23-24H,7-8,11-12,16-18H2,1-3H3/t23-,24-/m0/s1.